The van der Waals surface area contributed by atoms with Crippen LogP contribution in [0.2, 0.25) is 0 Å². The first-order valence-electron chi connectivity index (χ1n) is 7.16. The van der Waals surface area contributed by atoms with Gasteiger partial charge in [-0.2, -0.15) is 0 Å². The maximum Gasteiger partial charge on any atom is 0.0754 e. The minimum absolute atomic E-state index is 0.405. The molecule has 2 nitrogen and oxygen atoms in total. The minimum atomic E-state index is 0.405. The Balaban J connectivity index is 1.66. The highest BCUT2D eigenvalue weighted by molar-refractivity contribution is 5.40. The van der Waals surface area contributed by atoms with E-state index in [-0.39, 0.29) is 0 Å². The van der Waals surface area contributed by atoms with Gasteiger partial charge in [0.05, 0.1) is 6.10 Å². The van der Waals surface area contributed by atoms with Gasteiger partial charge < -0.3 is 10.1 Å². The van der Waals surface area contributed by atoms with Crippen LogP contribution in [0.1, 0.15) is 36.8 Å². The van der Waals surface area contributed by atoms with Crippen molar-refractivity contribution >= 4 is 0 Å². The molecule has 1 fully saturated rings. The van der Waals surface area contributed by atoms with Gasteiger partial charge in [0.2, 0.25) is 0 Å². The minimum Gasteiger partial charge on any atom is -0.376 e. The van der Waals surface area contributed by atoms with Gasteiger partial charge >= 0.3 is 0 Å². The zero-order valence-corrected chi connectivity index (χ0v) is 11.4. The van der Waals surface area contributed by atoms with Gasteiger partial charge in [0.15, 0.2) is 0 Å². The standard InChI is InChI=1S/C16H23NO/c1-11-7-8-18-16(11)15(17-2)10-13-9-12-5-3-4-6-14(12)13/h3-6,11,13,15-17H,7-10H2,1-2H3. The largest absolute Gasteiger partial charge is 0.376 e. The third-order valence-electron chi connectivity index (χ3n) is 4.71. The van der Waals surface area contributed by atoms with Gasteiger partial charge in [-0.1, -0.05) is 31.2 Å². The summed E-state index contributed by atoms with van der Waals surface area (Å²) in [5.74, 6) is 1.42. The predicted molar refractivity (Wildman–Crippen MR) is 73.9 cm³/mol. The molecule has 3 rings (SSSR count). The number of nitrogens with one attached hydrogen (secondary N) is 1. The maximum absolute atomic E-state index is 5.91. The van der Waals surface area contributed by atoms with E-state index in [1.807, 2.05) is 0 Å². The van der Waals surface area contributed by atoms with E-state index in [0.717, 1.165) is 12.5 Å². The molecule has 1 aromatic rings. The number of hydrogen-bond acceptors (Lipinski definition) is 2. The molecular formula is C16H23NO. The molecule has 98 valence electrons. The van der Waals surface area contributed by atoms with E-state index in [1.54, 1.807) is 5.56 Å². The molecule has 1 aliphatic heterocycles. The van der Waals surface area contributed by atoms with E-state index in [4.69, 9.17) is 4.74 Å². The second kappa shape index (κ2) is 5.02. The van der Waals surface area contributed by atoms with Gasteiger partial charge in [-0.15, -0.1) is 0 Å². The summed E-state index contributed by atoms with van der Waals surface area (Å²) in [6.45, 7) is 3.25. The SMILES string of the molecule is CNC(CC1Cc2ccccc21)C1OCCC1C. The van der Waals surface area contributed by atoms with Gasteiger partial charge in [-0.25, -0.2) is 0 Å². The maximum atomic E-state index is 5.91. The third-order valence-corrected chi connectivity index (χ3v) is 4.71. The van der Waals surface area contributed by atoms with Gasteiger partial charge in [0.1, 0.15) is 0 Å². The lowest BCUT2D eigenvalue weighted by Crippen LogP contribution is -2.42. The van der Waals surface area contributed by atoms with Crippen LogP contribution in [0.3, 0.4) is 0 Å². The highest BCUT2D eigenvalue weighted by atomic mass is 16.5. The fourth-order valence-corrected chi connectivity index (χ4v) is 3.53. The highest BCUT2D eigenvalue weighted by Gasteiger charge is 2.35. The average molecular weight is 245 g/mol. The summed E-state index contributed by atoms with van der Waals surface area (Å²) in [4.78, 5) is 0. The molecule has 0 amide bonds. The average Bonchev–Trinajstić information content (AvgIpc) is 2.77. The zero-order chi connectivity index (χ0) is 12.5. The molecule has 1 aromatic carbocycles. The first-order chi connectivity index (χ1) is 8.79. The summed E-state index contributed by atoms with van der Waals surface area (Å²) in [5, 5.41) is 3.48. The van der Waals surface area contributed by atoms with Crippen molar-refractivity contribution in [3.05, 3.63) is 35.4 Å². The summed E-state index contributed by atoms with van der Waals surface area (Å²) < 4.78 is 5.91. The number of likely N-dealkylation sites (N-methyl/N-ethyl adjacent to an activating group) is 1. The Labute approximate surface area is 110 Å². The van der Waals surface area contributed by atoms with Crippen molar-refractivity contribution in [3.8, 4) is 0 Å². The van der Waals surface area contributed by atoms with Gasteiger partial charge in [-0.3, -0.25) is 0 Å². The molecule has 1 heterocycles. The molecule has 1 N–H and O–H groups in total. The van der Waals surface area contributed by atoms with Crippen molar-refractivity contribution in [2.75, 3.05) is 13.7 Å². The summed E-state index contributed by atoms with van der Waals surface area (Å²) in [7, 11) is 2.07. The first kappa shape index (κ1) is 12.2. The molecule has 2 aliphatic rings. The smallest absolute Gasteiger partial charge is 0.0754 e. The molecule has 1 aliphatic carbocycles. The molecule has 0 saturated carbocycles. The van der Waals surface area contributed by atoms with Crippen LogP contribution in [0, 0.1) is 5.92 Å². The van der Waals surface area contributed by atoms with Crippen LogP contribution in [0.5, 0.6) is 0 Å². The zero-order valence-electron chi connectivity index (χ0n) is 11.4. The Morgan fingerprint density at radius 2 is 2.22 bits per heavy atom. The molecule has 0 bridgehead atoms. The van der Waals surface area contributed by atoms with Gasteiger partial charge in [-0.05, 0) is 49.3 Å². The normalized spacial score (nSPS) is 31.8. The number of ether oxygens (including phenoxy) is 1. The van der Waals surface area contributed by atoms with Crippen molar-refractivity contribution in [2.45, 2.75) is 44.2 Å². The summed E-state index contributed by atoms with van der Waals surface area (Å²) >= 11 is 0. The molecular weight excluding hydrogens is 222 g/mol. The number of fused-ring (bicyclic) bond motifs is 1. The topological polar surface area (TPSA) is 21.3 Å². The molecule has 4 atom stereocenters. The lowest BCUT2D eigenvalue weighted by Gasteiger charge is -2.35. The first-order valence-corrected chi connectivity index (χ1v) is 7.16. The Kier molecular flexibility index (Phi) is 3.40. The quantitative estimate of drug-likeness (QED) is 0.880. The monoisotopic (exact) mass is 245 g/mol. The summed E-state index contributed by atoms with van der Waals surface area (Å²) in [5.41, 5.74) is 3.10. The number of benzene rings is 1. The van der Waals surface area contributed by atoms with Gasteiger partial charge in [0, 0.05) is 12.6 Å². The van der Waals surface area contributed by atoms with Crippen molar-refractivity contribution < 1.29 is 4.74 Å². The third kappa shape index (κ3) is 2.08. The fourth-order valence-electron chi connectivity index (χ4n) is 3.53. The molecule has 1 saturated heterocycles. The molecule has 4 unspecified atom stereocenters. The van der Waals surface area contributed by atoms with Crippen LogP contribution in [-0.2, 0) is 11.2 Å². The van der Waals surface area contributed by atoms with E-state index in [2.05, 4.69) is 43.6 Å². The second-order valence-corrected chi connectivity index (χ2v) is 5.83. The molecule has 18 heavy (non-hydrogen) atoms. The van der Waals surface area contributed by atoms with E-state index >= 15 is 0 Å². The van der Waals surface area contributed by atoms with Crippen LogP contribution in [0.4, 0.5) is 0 Å². The van der Waals surface area contributed by atoms with Crippen LogP contribution >= 0.6 is 0 Å². The Morgan fingerprint density at radius 3 is 2.89 bits per heavy atom. The highest BCUT2D eigenvalue weighted by Crippen LogP contribution is 2.39. The number of hydrogen-bond donors (Lipinski definition) is 1. The van der Waals surface area contributed by atoms with E-state index in [9.17, 15) is 0 Å². The molecule has 0 radical (unpaired) electrons. The number of rotatable bonds is 4. The fraction of sp³-hybridized carbons (Fsp3) is 0.625. The van der Waals surface area contributed by atoms with E-state index in [1.165, 1.54) is 24.8 Å². The molecule has 2 heteroatoms. The van der Waals surface area contributed by atoms with Crippen molar-refractivity contribution in [2.24, 2.45) is 5.92 Å². The molecule has 0 spiro atoms. The predicted octanol–water partition coefficient (Wildman–Crippen LogP) is 2.73. The van der Waals surface area contributed by atoms with E-state index < -0.39 is 0 Å². The Hall–Kier alpha value is -0.860. The van der Waals surface area contributed by atoms with Crippen LogP contribution in [0.25, 0.3) is 0 Å². The molecule has 0 aromatic heterocycles. The van der Waals surface area contributed by atoms with E-state index in [0.29, 0.717) is 18.1 Å². The summed E-state index contributed by atoms with van der Waals surface area (Å²) in [6.07, 6.45) is 4.07. The Bertz CT molecular complexity index is 417. The van der Waals surface area contributed by atoms with Crippen molar-refractivity contribution in [3.63, 3.8) is 0 Å². The van der Waals surface area contributed by atoms with Crippen molar-refractivity contribution in [1.82, 2.24) is 5.32 Å². The van der Waals surface area contributed by atoms with Gasteiger partial charge in [0.25, 0.3) is 0 Å². The lowest BCUT2D eigenvalue weighted by atomic mass is 9.73. The second-order valence-electron chi connectivity index (χ2n) is 5.83. The lowest BCUT2D eigenvalue weighted by molar-refractivity contribution is 0.0576. The van der Waals surface area contributed by atoms with Crippen LogP contribution in [-0.4, -0.2) is 25.8 Å². The van der Waals surface area contributed by atoms with Crippen molar-refractivity contribution in [1.29, 1.82) is 0 Å². The summed E-state index contributed by atoms with van der Waals surface area (Å²) in [6, 6.07) is 9.35. The van der Waals surface area contributed by atoms with Crippen LogP contribution < -0.4 is 5.32 Å². The Morgan fingerprint density at radius 1 is 1.39 bits per heavy atom. The van der Waals surface area contributed by atoms with Crippen LogP contribution in [0.15, 0.2) is 24.3 Å².